The lowest BCUT2D eigenvalue weighted by molar-refractivity contribution is -0.140. The van der Waals surface area contributed by atoms with Crippen LogP contribution in [0.25, 0.3) is 22.4 Å². The van der Waals surface area contributed by atoms with Crippen molar-refractivity contribution in [2.45, 2.75) is 12.8 Å². The zero-order valence-corrected chi connectivity index (χ0v) is 18.3. The number of phenols is 1. The van der Waals surface area contributed by atoms with Crippen LogP contribution in [0.2, 0.25) is 5.02 Å². The minimum atomic E-state index is -4.74. The van der Waals surface area contributed by atoms with E-state index in [0.717, 1.165) is 0 Å². The highest BCUT2D eigenvalue weighted by molar-refractivity contribution is 6.31. The number of halogens is 5. The van der Waals surface area contributed by atoms with E-state index in [1.54, 1.807) is 12.1 Å². The van der Waals surface area contributed by atoms with E-state index in [0.29, 0.717) is 0 Å². The van der Waals surface area contributed by atoms with Crippen molar-refractivity contribution in [3.05, 3.63) is 82.8 Å². The maximum absolute atomic E-state index is 14.0. The quantitative estimate of drug-likeness (QED) is 0.289. The van der Waals surface area contributed by atoms with Crippen LogP contribution in [0.15, 0.2) is 60.7 Å². The summed E-state index contributed by atoms with van der Waals surface area (Å²) in [6.45, 7) is -0.211. The Bertz CT molecular complexity index is 1320. The second-order valence-corrected chi connectivity index (χ2v) is 7.60. The van der Waals surface area contributed by atoms with Crippen molar-refractivity contribution < 1.29 is 32.1 Å². The van der Waals surface area contributed by atoms with Crippen LogP contribution in [0.3, 0.4) is 0 Å². The fraction of sp³-hybridized carbons (Fsp3) is 0.125. The van der Waals surface area contributed by atoms with Crippen LogP contribution in [0.5, 0.6) is 17.2 Å². The number of methoxy groups -OCH3 is 1. The number of hydrogen-bond acceptors (Lipinski definition) is 4. The molecule has 0 atom stereocenters. The number of rotatable bonds is 6. The van der Waals surface area contributed by atoms with Crippen LogP contribution in [0, 0.1) is 5.82 Å². The summed E-state index contributed by atoms with van der Waals surface area (Å²) >= 11 is 5.99. The molecule has 4 aromatic rings. The molecule has 0 aliphatic heterocycles. The first-order valence-corrected chi connectivity index (χ1v) is 10.3. The fourth-order valence-electron chi connectivity index (χ4n) is 3.48. The Labute approximate surface area is 196 Å². The standard InChI is InChI=1S/C24H17ClF4N2O3/c1-33-20-8-3-2-5-15(20)21-22(30-31-23(21)24(27,28)29)14-10-9-13(11-19(14)32)34-12-16-17(25)6-4-7-18(16)26/h2-11,32H,12H2,1H3,(H,30,31). The van der Waals surface area contributed by atoms with E-state index >= 15 is 0 Å². The van der Waals surface area contributed by atoms with Crippen LogP contribution in [-0.2, 0) is 12.8 Å². The molecule has 34 heavy (non-hydrogen) atoms. The van der Waals surface area contributed by atoms with Crippen molar-refractivity contribution in [1.29, 1.82) is 0 Å². The molecule has 0 aliphatic rings. The third-order valence-electron chi connectivity index (χ3n) is 5.10. The molecule has 4 rings (SSSR count). The van der Waals surface area contributed by atoms with Gasteiger partial charge in [-0.25, -0.2) is 4.39 Å². The van der Waals surface area contributed by atoms with Gasteiger partial charge in [-0.2, -0.15) is 18.3 Å². The average molecular weight is 493 g/mol. The molecule has 1 heterocycles. The summed E-state index contributed by atoms with van der Waals surface area (Å²) in [5.74, 6) is -0.567. The Hall–Kier alpha value is -3.72. The summed E-state index contributed by atoms with van der Waals surface area (Å²) in [6.07, 6.45) is -4.74. The van der Waals surface area contributed by atoms with Gasteiger partial charge in [0.25, 0.3) is 0 Å². The largest absolute Gasteiger partial charge is 0.507 e. The van der Waals surface area contributed by atoms with Crippen molar-refractivity contribution in [3.63, 3.8) is 0 Å². The van der Waals surface area contributed by atoms with Crippen molar-refractivity contribution in [3.8, 4) is 39.6 Å². The third-order valence-corrected chi connectivity index (χ3v) is 5.45. The maximum Gasteiger partial charge on any atom is 0.433 e. The highest BCUT2D eigenvalue weighted by atomic mass is 35.5. The van der Waals surface area contributed by atoms with Gasteiger partial charge in [0.05, 0.1) is 12.1 Å². The molecule has 176 valence electrons. The Balaban J connectivity index is 1.73. The normalized spacial score (nSPS) is 11.5. The lowest BCUT2D eigenvalue weighted by Gasteiger charge is -2.14. The van der Waals surface area contributed by atoms with Crippen LogP contribution < -0.4 is 9.47 Å². The molecular weight excluding hydrogens is 476 g/mol. The molecule has 1 aromatic heterocycles. The number of benzene rings is 3. The number of aromatic nitrogens is 2. The lowest BCUT2D eigenvalue weighted by atomic mass is 9.97. The van der Waals surface area contributed by atoms with E-state index in [9.17, 15) is 22.7 Å². The van der Waals surface area contributed by atoms with Gasteiger partial charge in [-0.05, 0) is 30.3 Å². The van der Waals surface area contributed by atoms with Crippen molar-refractivity contribution in [2.24, 2.45) is 0 Å². The number of nitrogens with zero attached hydrogens (tertiary/aromatic N) is 1. The zero-order valence-electron chi connectivity index (χ0n) is 17.6. The molecule has 5 nitrogen and oxygen atoms in total. The molecule has 10 heteroatoms. The predicted octanol–water partition coefficient (Wildman–Crippen LogP) is 6.85. The molecular formula is C24H17ClF4N2O3. The molecule has 0 radical (unpaired) electrons. The predicted molar refractivity (Wildman–Crippen MR) is 118 cm³/mol. The number of nitrogens with one attached hydrogen (secondary N) is 1. The molecule has 0 amide bonds. The Morgan fingerprint density at radius 2 is 1.79 bits per heavy atom. The summed E-state index contributed by atoms with van der Waals surface area (Å²) in [7, 11) is 1.34. The van der Waals surface area contributed by atoms with Gasteiger partial charge in [0.15, 0.2) is 0 Å². The number of alkyl halides is 3. The second kappa shape index (κ2) is 9.26. The molecule has 0 unspecified atom stereocenters. The van der Waals surface area contributed by atoms with Gasteiger partial charge in [-0.1, -0.05) is 35.9 Å². The molecule has 0 spiro atoms. The third kappa shape index (κ3) is 4.51. The summed E-state index contributed by atoms with van der Waals surface area (Å²) in [5.41, 5.74) is -1.17. The number of ether oxygens (including phenoxy) is 2. The molecule has 0 saturated carbocycles. The van der Waals surface area contributed by atoms with Crippen molar-refractivity contribution in [2.75, 3.05) is 7.11 Å². The SMILES string of the molecule is COc1ccccc1-c1c(-c2ccc(OCc3c(F)cccc3Cl)cc2O)n[nH]c1C(F)(F)F. The first kappa shape index (κ1) is 23.4. The van der Waals surface area contributed by atoms with Gasteiger partial charge in [-0.15, -0.1) is 0 Å². The minimum Gasteiger partial charge on any atom is -0.507 e. The van der Waals surface area contributed by atoms with Crippen LogP contribution >= 0.6 is 11.6 Å². The fourth-order valence-corrected chi connectivity index (χ4v) is 3.70. The van der Waals surface area contributed by atoms with Gasteiger partial charge in [-0.3, -0.25) is 5.10 Å². The monoisotopic (exact) mass is 492 g/mol. The molecule has 0 fully saturated rings. The lowest BCUT2D eigenvalue weighted by Crippen LogP contribution is -2.07. The van der Waals surface area contributed by atoms with E-state index in [-0.39, 0.29) is 56.8 Å². The summed E-state index contributed by atoms with van der Waals surface area (Å²) in [5, 5.41) is 16.7. The smallest absolute Gasteiger partial charge is 0.433 e. The molecule has 2 N–H and O–H groups in total. The first-order chi connectivity index (χ1) is 16.2. The zero-order chi connectivity index (χ0) is 24.5. The van der Waals surface area contributed by atoms with Gasteiger partial charge in [0, 0.05) is 28.3 Å². The topological polar surface area (TPSA) is 67.4 Å². The van der Waals surface area contributed by atoms with Crippen LogP contribution in [-0.4, -0.2) is 22.4 Å². The van der Waals surface area contributed by atoms with Crippen molar-refractivity contribution >= 4 is 11.6 Å². The Morgan fingerprint density at radius 1 is 1.03 bits per heavy atom. The Morgan fingerprint density at radius 3 is 2.47 bits per heavy atom. The number of para-hydroxylation sites is 1. The second-order valence-electron chi connectivity index (χ2n) is 7.19. The average Bonchev–Trinajstić information content (AvgIpc) is 3.24. The summed E-state index contributed by atoms with van der Waals surface area (Å²) < 4.78 is 66.0. The minimum absolute atomic E-state index is 0.0314. The van der Waals surface area contributed by atoms with Gasteiger partial charge in [0.1, 0.15) is 41.1 Å². The number of aromatic amines is 1. The number of phenolic OH excluding ortho intramolecular Hbond substituents is 1. The highest BCUT2D eigenvalue weighted by Gasteiger charge is 2.39. The van der Waals surface area contributed by atoms with Gasteiger partial charge >= 0.3 is 6.18 Å². The first-order valence-electron chi connectivity index (χ1n) is 9.88. The number of hydrogen-bond donors (Lipinski definition) is 2. The van der Waals surface area contributed by atoms with E-state index < -0.39 is 17.7 Å². The van der Waals surface area contributed by atoms with Gasteiger partial charge < -0.3 is 14.6 Å². The highest BCUT2D eigenvalue weighted by Crippen LogP contribution is 2.46. The summed E-state index contributed by atoms with van der Waals surface area (Å²) in [4.78, 5) is 0. The van der Waals surface area contributed by atoms with E-state index in [2.05, 4.69) is 5.10 Å². The molecule has 0 aliphatic carbocycles. The van der Waals surface area contributed by atoms with Gasteiger partial charge in [0.2, 0.25) is 0 Å². The van der Waals surface area contributed by atoms with E-state index in [1.165, 1.54) is 55.6 Å². The van der Waals surface area contributed by atoms with Crippen LogP contribution in [0.1, 0.15) is 11.3 Å². The molecule has 0 saturated heterocycles. The van der Waals surface area contributed by atoms with Crippen LogP contribution in [0.4, 0.5) is 17.6 Å². The summed E-state index contributed by atoms with van der Waals surface area (Å²) in [6, 6.07) is 14.4. The van der Waals surface area contributed by atoms with Crippen molar-refractivity contribution in [1.82, 2.24) is 10.2 Å². The maximum atomic E-state index is 14.0. The van der Waals surface area contributed by atoms with E-state index in [4.69, 9.17) is 21.1 Å². The molecule has 3 aromatic carbocycles. The molecule has 0 bridgehead atoms. The van der Waals surface area contributed by atoms with E-state index in [1.807, 2.05) is 5.10 Å². The number of H-pyrrole nitrogens is 1. The number of aromatic hydroxyl groups is 1. The Kier molecular flexibility index (Phi) is 6.39.